The largest absolute Gasteiger partial charge is 0.399 e. The second kappa shape index (κ2) is 5.41. The summed E-state index contributed by atoms with van der Waals surface area (Å²) < 4.78 is 0. The molecule has 0 unspecified atom stereocenters. The highest BCUT2D eigenvalue weighted by atomic mass is 15.1. The van der Waals surface area contributed by atoms with Gasteiger partial charge in [-0.25, -0.2) is 0 Å². The third-order valence-electron chi connectivity index (χ3n) is 3.47. The van der Waals surface area contributed by atoms with E-state index in [0.717, 1.165) is 24.7 Å². The summed E-state index contributed by atoms with van der Waals surface area (Å²) >= 11 is 0. The smallest absolute Gasteiger partial charge is 0.0386 e. The molecule has 1 aliphatic heterocycles. The molecule has 94 valence electrons. The predicted octanol–water partition coefficient (Wildman–Crippen LogP) is 2.05. The lowest BCUT2D eigenvalue weighted by Gasteiger charge is -2.34. The quantitative estimate of drug-likeness (QED) is 0.811. The van der Waals surface area contributed by atoms with Crippen LogP contribution < -0.4 is 10.6 Å². The minimum atomic E-state index is 0.849. The van der Waals surface area contributed by atoms with Gasteiger partial charge in [0.15, 0.2) is 0 Å². The van der Waals surface area contributed by atoms with E-state index in [2.05, 4.69) is 36.0 Å². The first-order valence-electron chi connectivity index (χ1n) is 6.40. The number of hydrogen-bond acceptors (Lipinski definition) is 3. The van der Waals surface area contributed by atoms with Crippen LogP contribution in [0.2, 0.25) is 0 Å². The molecule has 0 aromatic heterocycles. The Morgan fingerprint density at radius 2 is 2.00 bits per heavy atom. The summed E-state index contributed by atoms with van der Waals surface area (Å²) in [7, 11) is 4.31. The van der Waals surface area contributed by atoms with Crippen molar-refractivity contribution in [3.8, 4) is 0 Å². The van der Waals surface area contributed by atoms with Gasteiger partial charge < -0.3 is 15.5 Å². The Morgan fingerprint density at radius 3 is 2.59 bits per heavy atom. The third kappa shape index (κ3) is 3.37. The number of rotatable bonds is 3. The first kappa shape index (κ1) is 12.2. The van der Waals surface area contributed by atoms with Crippen molar-refractivity contribution in [1.29, 1.82) is 0 Å². The number of nitrogens with two attached hydrogens (primary N) is 1. The molecule has 0 aliphatic carbocycles. The van der Waals surface area contributed by atoms with Crippen molar-refractivity contribution in [2.45, 2.75) is 12.8 Å². The fourth-order valence-electron chi connectivity index (χ4n) is 2.61. The summed E-state index contributed by atoms with van der Waals surface area (Å²) in [6, 6.07) is 8.22. The van der Waals surface area contributed by atoms with Crippen LogP contribution in [0.15, 0.2) is 24.3 Å². The van der Waals surface area contributed by atoms with Gasteiger partial charge in [-0.2, -0.15) is 0 Å². The van der Waals surface area contributed by atoms with Crippen LogP contribution in [0.1, 0.15) is 12.8 Å². The van der Waals surface area contributed by atoms with E-state index in [1.54, 1.807) is 0 Å². The molecular weight excluding hydrogens is 210 g/mol. The summed E-state index contributed by atoms with van der Waals surface area (Å²) in [5.41, 5.74) is 7.96. The Labute approximate surface area is 104 Å². The fourth-order valence-corrected chi connectivity index (χ4v) is 2.61. The lowest BCUT2D eigenvalue weighted by Crippen LogP contribution is -2.37. The zero-order valence-electron chi connectivity index (χ0n) is 10.9. The molecule has 2 rings (SSSR count). The molecule has 0 amide bonds. The first-order valence-corrected chi connectivity index (χ1v) is 6.40. The zero-order chi connectivity index (χ0) is 12.3. The molecule has 3 heteroatoms. The van der Waals surface area contributed by atoms with Crippen molar-refractivity contribution in [3.63, 3.8) is 0 Å². The number of anilines is 2. The van der Waals surface area contributed by atoms with Crippen LogP contribution >= 0.6 is 0 Å². The molecule has 3 nitrogen and oxygen atoms in total. The first-order chi connectivity index (χ1) is 8.15. The van der Waals surface area contributed by atoms with Gasteiger partial charge >= 0.3 is 0 Å². The van der Waals surface area contributed by atoms with E-state index in [4.69, 9.17) is 5.73 Å². The summed E-state index contributed by atoms with van der Waals surface area (Å²) in [5, 5.41) is 0. The number of piperidine rings is 1. The highest BCUT2D eigenvalue weighted by Crippen LogP contribution is 2.24. The van der Waals surface area contributed by atoms with Crippen molar-refractivity contribution in [2.24, 2.45) is 5.92 Å². The minimum absolute atomic E-state index is 0.849. The molecule has 1 aromatic carbocycles. The maximum Gasteiger partial charge on any atom is 0.0386 e. The summed E-state index contributed by atoms with van der Waals surface area (Å²) in [4.78, 5) is 4.74. The van der Waals surface area contributed by atoms with E-state index < -0.39 is 0 Å². The zero-order valence-corrected chi connectivity index (χ0v) is 10.9. The van der Waals surface area contributed by atoms with Crippen LogP contribution in [0.3, 0.4) is 0 Å². The highest BCUT2D eigenvalue weighted by Gasteiger charge is 2.19. The second-order valence-electron chi connectivity index (χ2n) is 5.29. The summed E-state index contributed by atoms with van der Waals surface area (Å²) in [5.74, 6) is 0.849. The molecule has 1 aliphatic rings. The molecule has 1 heterocycles. The van der Waals surface area contributed by atoms with E-state index in [9.17, 15) is 0 Å². The Hall–Kier alpha value is -1.22. The maximum absolute atomic E-state index is 5.83. The highest BCUT2D eigenvalue weighted by molar-refractivity contribution is 5.56. The van der Waals surface area contributed by atoms with E-state index in [0.29, 0.717) is 0 Å². The minimum Gasteiger partial charge on any atom is -0.399 e. The number of nitrogen functional groups attached to an aromatic ring is 1. The van der Waals surface area contributed by atoms with E-state index in [1.807, 2.05) is 12.1 Å². The normalized spacial score (nSPS) is 17.7. The topological polar surface area (TPSA) is 32.5 Å². The lowest BCUT2D eigenvalue weighted by atomic mass is 9.96. The number of benzene rings is 1. The van der Waals surface area contributed by atoms with Crippen molar-refractivity contribution in [1.82, 2.24) is 4.90 Å². The lowest BCUT2D eigenvalue weighted by molar-refractivity contribution is 0.285. The monoisotopic (exact) mass is 233 g/mol. The molecule has 0 saturated carbocycles. The molecule has 0 atom stereocenters. The average molecular weight is 233 g/mol. The van der Waals surface area contributed by atoms with E-state index in [-0.39, 0.29) is 0 Å². The molecule has 1 fully saturated rings. The van der Waals surface area contributed by atoms with Gasteiger partial charge in [-0.1, -0.05) is 6.07 Å². The molecule has 1 saturated heterocycles. The van der Waals surface area contributed by atoms with Crippen molar-refractivity contribution >= 4 is 11.4 Å². The van der Waals surface area contributed by atoms with E-state index in [1.165, 1.54) is 25.1 Å². The SMILES string of the molecule is CN(C)CC1CCN(c2cccc(N)c2)CC1. The van der Waals surface area contributed by atoms with Gasteiger partial charge in [-0.15, -0.1) is 0 Å². The summed E-state index contributed by atoms with van der Waals surface area (Å²) in [6.45, 7) is 3.52. The standard InChI is InChI=1S/C14H23N3/c1-16(2)11-12-6-8-17(9-7-12)14-5-3-4-13(15)10-14/h3-5,10,12H,6-9,11,15H2,1-2H3. The van der Waals surface area contributed by atoms with Gasteiger partial charge in [0.05, 0.1) is 0 Å². The molecule has 17 heavy (non-hydrogen) atoms. The Morgan fingerprint density at radius 1 is 1.29 bits per heavy atom. The fraction of sp³-hybridized carbons (Fsp3) is 0.571. The predicted molar refractivity (Wildman–Crippen MR) is 74.3 cm³/mol. The van der Waals surface area contributed by atoms with Gasteiger partial charge in [-0.3, -0.25) is 0 Å². The molecule has 1 aromatic rings. The van der Waals surface area contributed by atoms with Crippen LogP contribution in [-0.2, 0) is 0 Å². The Kier molecular flexibility index (Phi) is 3.89. The van der Waals surface area contributed by atoms with Gasteiger partial charge in [0, 0.05) is 31.0 Å². The second-order valence-corrected chi connectivity index (χ2v) is 5.29. The van der Waals surface area contributed by atoms with Gasteiger partial charge in [0.1, 0.15) is 0 Å². The van der Waals surface area contributed by atoms with Gasteiger partial charge in [-0.05, 0) is 51.1 Å². The van der Waals surface area contributed by atoms with Crippen molar-refractivity contribution < 1.29 is 0 Å². The maximum atomic E-state index is 5.83. The molecule has 0 spiro atoms. The molecule has 0 bridgehead atoms. The van der Waals surface area contributed by atoms with Crippen LogP contribution in [0.5, 0.6) is 0 Å². The average Bonchev–Trinajstić information content (AvgIpc) is 2.29. The number of nitrogens with zero attached hydrogens (tertiary/aromatic N) is 2. The van der Waals surface area contributed by atoms with Crippen LogP contribution in [0, 0.1) is 5.92 Å². The Balaban J connectivity index is 1.91. The third-order valence-corrected chi connectivity index (χ3v) is 3.47. The van der Waals surface area contributed by atoms with Gasteiger partial charge in [0.2, 0.25) is 0 Å². The van der Waals surface area contributed by atoms with Gasteiger partial charge in [0.25, 0.3) is 0 Å². The Bertz CT molecular complexity index is 354. The van der Waals surface area contributed by atoms with Crippen LogP contribution in [-0.4, -0.2) is 38.6 Å². The molecule has 2 N–H and O–H groups in total. The molecular formula is C14H23N3. The molecule has 0 radical (unpaired) electrons. The number of hydrogen-bond donors (Lipinski definition) is 1. The summed E-state index contributed by atoms with van der Waals surface area (Å²) in [6.07, 6.45) is 2.57. The van der Waals surface area contributed by atoms with Crippen LogP contribution in [0.4, 0.5) is 11.4 Å². The van der Waals surface area contributed by atoms with Crippen molar-refractivity contribution in [2.75, 3.05) is 44.4 Å². The van der Waals surface area contributed by atoms with E-state index >= 15 is 0 Å². The van der Waals surface area contributed by atoms with Crippen LogP contribution in [0.25, 0.3) is 0 Å². The van der Waals surface area contributed by atoms with Crippen molar-refractivity contribution in [3.05, 3.63) is 24.3 Å².